The number of rotatable bonds is 2. The van der Waals surface area contributed by atoms with Gasteiger partial charge in [0.05, 0.1) is 0 Å². The lowest BCUT2D eigenvalue weighted by molar-refractivity contribution is -0.117. The minimum Gasteiger partial charge on any atom is -0.294 e. The van der Waals surface area contributed by atoms with Crippen molar-refractivity contribution in [2.75, 3.05) is 0 Å². The molecule has 0 N–H and O–H groups in total. The van der Waals surface area contributed by atoms with Crippen LogP contribution < -0.4 is 0 Å². The van der Waals surface area contributed by atoms with Gasteiger partial charge in [-0.15, -0.1) is 0 Å². The Balaban J connectivity index is 2.05. The van der Waals surface area contributed by atoms with Crippen LogP contribution in [0.5, 0.6) is 0 Å². The number of allylic oxidation sites excluding steroid dienone is 8. The molecule has 2 aliphatic carbocycles. The third-order valence-electron chi connectivity index (χ3n) is 3.22. The van der Waals surface area contributed by atoms with Crippen molar-refractivity contribution in [3.63, 3.8) is 0 Å². The van der Waals surface area contributed by atoms with Crippen LogP contribution >= 0.6 is 0 Å². The molecule has 0 fully saturated rings. The fraction of sp³-hybridized carbons (Fsp3) is 0.400. The summed E-state index contributed by atoms with van der Waals surface area (Å²) in [5.41, 5.74) is 2.14. The molecule has 0 aromatic carbocycles. The monoisotopic (exact) mass is 214 g/mol. The molecule has 16 heavy (non-hydrogen) atoms. The van der Waals surface area contributed by atoms with Crippen LogP contribution in [0.2, 0.25) is 0 Å². The zero-order chi connectivity index (χ0) is 11.5. The minimum atomic E-state index is 0.0491. The Morgan fingerprint density at radius 3 is 2.56 bits per heavy atom. The second-order valence-electron chi connectivity index (χ2n) is 4.75. The fourth-order valence-electron chi connectivity index (χ4n) is 2.05. The van der Waals surface area contributed by atoms with Gasteiger partial charge < -0.3 is 0 Å². The van der Waals surface area contributed by atoms with E-state index in [0.717, 1.165) is 18.4 Å². The summed E-state index contributed by atoms with van der Waals surface area (Å²) in [7, 11) is 0. The Morgan fingerprint density at radius 2 is 2.00 bits per heavy atom. The highest BCUT2D eigenvalue weighted by atomic mass is 16.1. The molecule has 0 saturated heterocycles. The van der Waals surface area contributed by atoms with Crippen molar-refractivity contribution in [3.05, 3.63) is 47.6 Å². The Kier molecular flexibility index (Phi) is 3.23. The first-order valence-corrected chi connectivity index (χ1v) is 5.94. The molecule has 1 heteroatoms. The van der Waals surface area contributed by atoms with Crippen molar-refractivity contribution in [1.82, 2.24) is 0 Å². The van der Waals surface area contributed by atoms with Gasteiger partial charge in [-0.3, -0.25) is 4.79 Å². The van der Waals surface area contributed by atoms with Crippen molar-refractivity contribution < 1.29 is 4.79 Å². The van der Waals surface area contributed by atoms with Crippen LogP contribution in [-0.4, -0.2) is 5.78 Å². The Morgan fingerprint density at radius 1 is 1.19 bits per heavy atom. The van der Waals surface area contributed by atoms with Gasteiger partial charge in [0.1, 0.15) is 0 Å². The van der Waals surface area contributed by atoms with E-state index >= 15 is 0 Å². The molecule has 0 spiro atoms. The lowest BCUT2D eigenvalue weighted by Crippen LogP contribution is -2.16. The van der Waals surface area contributed by atoms with Crippen LogP contribution in [0.4, 0.5) is 0 Å². The highest BCUT2D eigenvalue weighted by molar-refractivity contribution is 6.01. The maximum absolute atomic E-state index is 12.2. The zero-order valence-electron chi connectivity index (χ0n) is 9.94. The molecule has 0 aromatic heterocycles. The molecule has 2 rings (SSSR count). The van der Waals surface area contributed by atoms with E-state index in [1.54, 1.807) is 0 Å². The average Bonchev–Trinajstić information content (AvgIpc) is 2.30. The summed E-state index contributed by atoms with van der Waals surface area (Å²) in [6.07, 6.45) is 14.2. The van der Waals surface area contributed by atoms with E-state index in [1.807, 2.05) is 18.2 Å². The van der Waals surface area contributed by atoms with E-state index in [9.17, 15) is 4.79 Å². The first kappa shape index (κ1) is 11.1. The summed E-state index contributed by atoms with van der Waals surface area (Å²) in [5.74, 6) is 0.886. The molecule has 2 aliphatic rings. The van der Waals surface area contributed by atoms with Crippen molar-refractivity contribution in [2.24, 2.45) is 11.8 Å². The second-order valence-corrected chi connectivity index (χ2v) is 4.75. The number of carbonyl (C=O) groups is 1. The second kappa shape index (κ2) is 4.65. The minimum absolute atomic E-state index is 0.0491. The maximum atomic E-state index is 12.2. The molecule has 0 bridgehead atoms. The van der Waals surface area contributed by atoms with Gasteiger partial charge in [0.25, 0.3) is 0 Å². The van der Waals surface area contributed by atoms with E-state index < -0.39 is 0 Å². The molecular weight excluding hydrogens is 196 g/mol. The van der Waals surface area contributed by atoms with Crippen LogP contribution in [0.25, 0.3) is 0 Å². The topological polar surface area (TPSA) is 17.1 Å². The van der Waals surface area contributed by atoms with Gasteiger partial charge in [0.2, 0.25) is 0 Å². The number of Topliss-reactive ketones (excluding diaryl/α,β-unsaturated/α-hetero) is 1. The molecule has 0 radical (unpaired) electrons. The molecule has 0 aliphatic heterocycles. The van der Waals surface area contributed by atoms with Crippen LogP contribution in [0.1, 0.15) is 26.7 Å². The first-order valence-electron chi connectivity index (χ1n) is 5.94. The fourth-order valence-corrected chi connectivity index (χ4v) is 2.05. The lowest BCUT2D eigenvalue weighted by Gasteiger charge is -2.17. The lowest BCUT2D eigenvalue weighted by atomic mass is 9.87. The number of carbonyl (C=O) groups excluding carboxylic acids is 1. The molecule has 1 nitrogen and oxygen atoms in total. The van der Waals surface area contributed by atoms with Crippen molar-refractivity contribution in [3.8, 4) is 0 Å². The van der Waals surface area contributed by atoms with Gasteiger partial charge in [-0.2, -0.15) is 0 Å². The summed E-state index contributed by atoms with van der Waals surface area (Å²) in [6, 6.07) is 0. The van der Waals surface area contributed by atoms with Crippen molar-refractivity contribution >= 4 is 5.78 Å². The maximum Gasteiger partial charge on any atom is 0.169 e. The summed E-state index contributed by atoms with van der Waals surface area (Å²) < 4.78 is 0. The summed E-state index contributed by atoms with van der Waals surface area (Å²) in [5, 5.41) is 0. The number of hydrogen-bond acceptors (Lipinski definition) is 1. The summed E-state index contributed by atoms with van der Waals surface area (Å²) >= 11 is 0. The van der Waals surface area contributed by atoms with E-state index in [4.69, 9.17) is 0 Å². The van der Waals surface area contributed by atoms with Crippen LogP contribution in [0.3, 0.4) is 0 Å². The normalized spacial score (nSPS) is 28.6. The third-order valence-corrected chi connectivity index (χ3v) is 3.22. The Hall–Kier alpha value is -1.37. The summed E-state index contributed by atoms with van der Waals surface area (Å²) in [6.45, 7) is 4.24. The molecule has 0 aromatic rings. The van der Waals surface area contributed by atoms with E-state index in [-0.39, 0.29) is 11.7 Å². The molecule has 0 saturated carbocycles. The van der Waals surface area contributed by atoms with Gasteiger partial charge >= 0.3 is 0 Å². The summed E-state index contributed by atoms with van der Waals surface area (Å²) in [4.78, 5) is 12.2. The SMILES string of the molecule is CC1=CCC(C(=O)C2=CCC(C)C=C2)C=C1. The highest BCUT2D eigenvalue weighted by Gasteiger charge is 2.20. The van der Waals surface area contributed by atoms with Crippen LogP contribution in [-0.2, 0) is 4.79 Å². The Bertz CT molecular complexity index is 407. The molecule has 2 unspecified atom stereocenters. The number of hydrogen-bond donors (Lipinski definition) is 0. The molecule has 0 heterocycles. The smallest absolute Gasteiger partial charge is 0.169 e. The zero-order valence-corrected chi connectivity index (χ0v) is 9.94. The van der Waals surface area contributed by atoms with Gasteiger partial charge in [0.15, 0.2) is 5.78 Å². The van der Waals surface area contributed by atoms with E-state index in [2.05, 4.69) is 32.1 Å². The number of ketones is 1. The standard InChI is InChI=1S/C15H18O/c1-11-3-7-13(8-4-11)15(16)14-9-5-12(2)6-10-14/h3-5,7,9-10,12-13H,6,8H2,1-2H3. The predicted molar refractivity (Wildman–Crippen MR) is 67.0 cm³/mol. The van der Waals surface area contributed by atoms with Gasteiger partial charge in [-0.05, 0) is 25.7 Å². The molecule has 84 valence electrons. The highest BCUT2D eigenvalue weighted by Crippen LogP contribution is 2.23. The third kappa shape index (κ3) is 2.41. The van der Waals surface area contributed by atoms with Gasteiger partial charge in [-0.1, -0.05) is 49.0 Å². The first-order chi connectivity index (χ1) is 7.66. The molecule has 2 atom stereocenters. The van der Waals surface area contributed by atoms with Crippen molar-refractivity contribution in [2.45, 2.75) is 26.7 Å². The van der Waals surface area contributed by atoms with Crippen LogP contribution in [0, 0.1) is 11.8 Å². The Labute approximate surface area is 97.2 Å². The predicted octanol–water partition coefficient (Wildman–Crippen LogP) is 3.60. The van der Waals surface area contributed by atoms with E-state index in [1.165, 1.54) is 5.57 Å². The molecule has 0 amide bonds. The van der Waals surface area contributed by atoms with Crippen LogP contribution in [0.15, 0.2) is 47.6 Å². The molecular formula is C15H18O. The quantitative estimate of drug-likeness (QED) is 0.686. The van der Waals surface area contributed by atoms with Crippen molar-refractivity contribution in [1.29, 1.82) is 0 Å². The van der Waals surface area contributed by atoms with Gasteiger partial charge in [-0.25, -0.2) is 0 Å². The largest absolute Gasteiger partial charge is 0.294 e. The van der Waals surface area contributed by atoms with E-state index in [0.29, 0.717) is 5.92 Å². The average molecular weight is 214 g/mol. The van der Waals surface area contributed by atoms with Gasteiger partial charge in [0, 0.05) is 11.5 Å².